The number of rotatable bonds is 4. The Labute approximate surface area is 206 Å². The first-order valence-corrected chi connectivity index (χ1v) is 12.2. The lowest BCUT2D eigenvalue weighted by Gasteiger charge is -2.26. The lowest BCUT2D eigenvalue weighted by molar-refractivity contribution is -0.125. The van der Waals surface area contributed by atoms with Crippen LogP contribution in [0.25, 0.3) is 17.3 Å². The number of nitriles is 1. The van der Waals surface area contributed by atoms with E-state index in [1.165, 1.54) is 11.7 Å². The van der Waals surface area contributed by atoms with Crippen LogP contribution in [-0.2, 0) is 9.53 Å². The zero-order valence-corrected chi connectivity index (χ0v) is 20.4. The highest BCUT2D eigenvalue weighted by atomic mass is 32.1. The van der Waals surface area contributed by atoms with Crippen LogP contribution in [0.1, 0.15) is 40.7 Å². The van der Waals surface area contributed by atoms with Gasteiger partial charge in [-0.15, -0.1) is 11.3 Å². The first kappa shape index (κ1) is 24.2. The molecule has 1 aromatic heterocycles. The zero-order chi connectivity index (χ0) is 24.9. The van der Waals surface area contributed by atoms with Crippen molar-refractivity contribution in [2.24, 2.45) is 0 Å². The second-order valence-corrected chi connectivity index (χ2v) is 9.38. The summed E-state index contributed by atoms with van der Waals surface area (Å²) < 4.78 is 6.87. The second kappa shape index (κ2) is 10.5. The third-order valence-corrected chi connectivity index (χ3v) is 7.02. The van der Waals surface area contributed by atoms with Gasteiger partial charge in [-0.1, -0.05) is 29.8 Å². The van der Waals surface area contributed by atoms with Crippen molar-refractivity contribution in [1.29, 1.82) is 5.26 Å². The molecule has 35 heavy (non-hydrogen) atoms. The highest BCUT2D eigenvalue weighted by Crippen LogP contribution is 2.13. The third kappa shape index (κ3) is 5.10. The van der Waals surface area contributed by atoms with Gasteiger partial charge in [-0.25, -0.2) is 4.79 Å². The molecular formula is C27H25N3O4S. The number of piperidine rings is 1. The van der Waals surface area contributed by atoms with Gasteiger partial charge in [-0.3, -0.25) is 14.2 Å². The summed E-state index contributed by atoms with van der Waals surface area (Å²) in [5.74, 6) is -0.788. The first-order valence-electron chi connectivity index (χ1n) is 11.4. The van der Waals surface area contributed by atoms with E-state index >= 15 is 0 Å². The molecule has 0 aliphatic carbocycles. The van der Waals surface area contributed by atoms with Crippen LogP contribution >= 0.6 is 11.3 Å². The number of amides is 1. The molecule has 1 amide bonds. The van der Waals surface area contributed by atoms with Gasteiger partial charge in [0.25, 0.3) is 11.5 Å². The van der Waals surface area contributed by atoms with Crippen LogP contribution < -0.4 is 14.8 Å². The molecule has 1 aliphatic heterocycles. The van der Waals surface area contributed by atoms with Crippen LogP contribution in [-0.4, -0.2) is 41.5 Å². The van der Waals surface area contributed by atoms with Gasteiger partial charge in [-0.2, -0.15) is 5.26 Å². The van der Waals surface area contributed by atoms with Gasteiger partial charge in [0.1, 0.15) is 10.7 Å². The Morgan fingerprint density at radius 2 is 1.69 bits per heavy atom. The van der Waals surface area contributed by atoms with Crippen LogP contribution in [0.4, 0.5) is 0 Å². The summed E-state index contributed by atoms with van der Waals surface area (Å²) in [5.41, 5.74) is 2.39. The molecule has 0 bridgehead atoms. The summed E-state index contributed by atoms with van der Waals surface area (Å²) in [6.07, 6.45) is 4.57. The summed E-state index contributed by atoms with van der Waals surface area (Å²) in [7, 11) is 1.32. The Balaban J connectivity index is 1.92. The molecular weight excluding hydrogens is 462 g/mol. The Morgan fingerprint density at radius 3 is 2.29 bits per heavy atom. The minimum atomic E-state index is -0.443. The van der Waals surface area contributed by atoms with E-state index in [9.17, 15) is 19.6 Å². The molecule has 0 atom stereocenters. The topological polar surface area (TPSA) is 92.4 Å². The Hall–Kier alpha value is -3.96. The summed E-state index contributed by atoms with van der Waals surface area (Å²) in [6, 6.07) is 16.1. The summed E-state index contributed by atoms with van der Waals surface area (Å²) in [4.78, 5) is 40.2. The zero-order valence-electron chi connectivity index (χ0n) is 19.6. The lowest BCUT2D eigenvalue weighted by atomic mass is 10.1. The standard InChI is InChI=1S/C27H25N3O4S/c1-18-6-12-21(13-7-18)30-25(32)23(16-19-8-10-20(11-9-19)27(33)34-2)35-26(30)22(17-28)24(31)29-14-4-3-5-15-29/h6-13,16H,3-5,14-15H2,1-2H3. The minimum absolute atomic E-state index is 0.0322. The predicted octanol–water partition coefficient (Wildman–Crippen LogP) is 2.51. The second-order valence-electron chi connectivity index (χ2n) is 8.35. The van der Waals surface area contributed by atoms with Crippen LogP contribution in [0.5, 0.6) is 0 Å². The lowest BCUT2D eigenvalue weighted by Crippen LogP contribution is -2.39. The SMILES string of the molecule is COC(=O)c1ccc(C=c2sc(=C(C#N)C(=O)N3CCCCC3)n(-c3ccc(C)cc3)c2=O)cc1. The molecule has 1 aliphatic rings. The number of ether oxygens (including phenoxy) is 1. The van der Waals surface area contributed by atoms with Gasteiger partial charge in [0.05, 0.1) is 22.9 Å². The maximum absolute atomic E-state index is 13.5. The molecule has 4 rings (SSSR count). The molecule has 178 valence electrons. The molecule has 3 aromatic rings. The number of esters is 1. The van der Waals surface area contributed by atoms with Gasteiger partial charge in [0.15, 0.2) is 5.57 Å². The van der Waals surface area contributed by atoms with E-state index in [4.69, 9.17) is 4.74 Å². The smallest absolute Gasteiger partial charge is 0.337 e. The van der Waals surface area contributed by atoms with E-state index in [1.807, 2.05) is 31.2 Å². The fourth-order valence-corrected chi connectivity index (χ4v) is 5.10. The van der Waals surface area contributed by atoms with E-state index in [0.29, 0.717) is 39.1 Å². The molecule has 0 radical (unpaired) electrons. The Morgan fingerprint density at radius 1 is 1.03 bits per heavy atom. The number of nitrogens with zero attached hydrogens (tertiary/aromatic N) is 3. The number of benzene rings is 2. The van der Waals surface area contributed by atoms with E-state index in [-0.39, 0.29) is 17.0 Å². The van der Waals surface area contributed by atoms with Crippen molar-refractivity contribution in [2.45, 2.75) is 26.2 Å². The number of carbonyl (C=O) groups excluding carboxylic acids is 2. The average Bonchev–Trinajstić information content (AvgIpc) is 3.20. The van der Waals surface area contributed by atoms with Gasteiger partial charge in [-0.05, 0) is 62.1 Å². The highest BCUT2D eigenvalue weighted by Gasteiger charge is 2.23. The number of carbonyl (C=O) groups is 2. The van der Waals surface area contributed by atoms with Crippen molar-refractivity contribution in [2.75, 3.05) is 20.2 Å². The average molecular weight is 488 g/mol. The van der Waals surface area contributed by atoms with Crippen molar-refractivity contribution in [3.8, 4) is 11.8 Å². The van der Waals surface area contributed by atoms with Crippen molar-refractivity contribution in [3.63, 3.8) is 0 Å². The number of hydrogen-bond donors (Lipinski definition) is 0. The number of aromatic nitrogens is 1. The molecule has 1 saturated heterocycles. The third-order valence-electron chi connectivity index (χ3n) is 5.93. The van der Waals surface area contributed by atoms with Crippen molar-refractivity contribution >= 4 is 34.9 Å². The number of likely N-dealkylation sites (tertiary alicyclic amines) is 1. The number of aryl methyl sites for hydroxylation is 1. The van der Waals surface area contributed by atoms with Gasteiger partial charge < -0.3 is 9.64 Å². The van der Waals surface area contributed by atoms with Gasteiger partial charge >= 0.3 is 5.97 Å². The van der Waals surface area contributed by atoms with Crippen LogP contribution in [0, 0.1) is 18.3 Å². The largest absolute Gasteiger partial charge is 0.465 e. The molecule has 1 fully saturated rings. The van der Waals surface area contributed by atoms with Crippen molar-refractivity contribution in [1.82, 2.24) is 9.47 Å². The van der Waals surface area contributed by atoms with E-state index in [0.717, 1.165) is 36.2 Å². The Kier molecular flexibility index (Phi) is 7.28. The minimum Gasteiger partial charge on any atom is -0.465 e. The fraction of sp³-hybridized carbons (Fsp3) is 0.259. The number of methoxy groups -OCH3 is 1. The van der Waals surface area contributed by atoms with Crippen LogP contribution in [0.15, 0.2) is 53.3 Å². The van der Waals surface area contributed by atoms with E-state index in [1.54, 1.807) is 35.2 Å². The predicted molar refractivity (Wildman–Crippen MR) is 135 cm³/mol. The molecule has 0 spiro atoms. The fourth-order valence-electron chi connectivity index (χ4n) is 4.01. The summed E-state index contributed by atoms with van der Waals surface area (Å²) >= 11 is 1.12. The van der Waals surface area contributed by atoms with E-state index < -0.39 is 5.97 Å². The maximum Gasteiger partial charge on any atom is 0.337 e. The molecule has 2 heterocycles. The summed E-state index contributed by atoms with van der Waals surface area (Å²) in [6.45, 7) is 3.16. The van der Waals surface area contributed by atoms with Crippen molar-refractivity contribution in [3.05, 3.63) is 84.8 Å². The normalized spacial score (nSPS) is 14.9. The molecule has 0 N–H and O–H groups in total. The molecule has 0 unspecified atom stereocenters. The maximum atomic E-state index is 13.5. The van der Waals surface area contributed by atoms with Crippen LogP contribution in [0.3, 0.4) is 0 Å². The van der Waals surface area contributed by atoms with Crippen LogP contribution in [0.2, 0.25) is 0 Å². The van der Waals surface area contributed by atoms with Crippen molar-refractivity contribution < 1.29 is 14.3 Å². The molecule has 8 heteroatoms. The van der Waals surface area contributed by atoms with Gasteiger partial charge in [0, 0.05) is 13.1 Å². The first-order chi connectivity index (χ1) is 16.9. The molecule has 7 nitrogen and oxygen atoms in total. The number of thiazole rings is 1. The molecule has 2 aromatic carbocycles. The molecule has 0 saturated carbocycles. The Bertz CT molecular complexity index is 1470. The van der Waals surface area contributed by atoms with Gasteiger partial charge in [0.2, 0.25) is 0 Å². The van der Waals surface area contributed by atoms with E-state index in [2.05, 4.69) is 6.07 Å². The monoisotopic (exact) mass is 487 g/mol. The summed E-state index contributed by atoms with van der Waals surface area (Å²) in [5, 5.41) is 9.99. The highest BCUT2D eigenvalue weighted by molar-refractivity contribution is 7.07. The number of hydrogen-bond acceptors (Lipinski definition) is 6. The quantitative estimate of drug-likeness (QED) is 0.528.